The average molecular weight is 341 g/mol. The number of carbonyl (C=O) groups is 1. The third-order valence-electron chi connectivity index (χ3n) is 4.46. The first kappa shape index (κ1) is 16.7. The molecule has 2 fully saturated rings. The van der Waals surface area contributed by atoms with E-state index in [1.54, 1.807) is 4.90 Å². The molecule has 1 aromatic rings. The van der Waals surface area contributed by atoms with E-state index < -0.39 is 5.82 Å². The lowest BCUT2D eigenvalue weighted by Crippen LogP contribution is -2.42. The van der Waals surface area contributed by atoms with Crippen molar-refractivity contribution in [2.45, 2.75) is 25.4 Å². The molecule has 2 aliphatic rings. The van der Waals surface area contributed by atoms with Gasteiger partial charge in [0, 0.05) is 26.2 Å². The molecule has 6 heteroatoms. The van der Waals surface area contributed by atoms with E-state index in [-0.39, 0.29) is 17.0 Å². The van der Waals surface area contributed by atoms with Crippen molar-refractivity contribution in [3.8, 4) is 0 Å². The highest BCUT2D eigenvalue weighted by molar-refractivity contribution is 6.33. The zero-order valence-corrected chi connectivity index (χ0v) is 13.9. The highest BCUT2D eigenvalue weighted by atomic mass is 35.5. The highest BCUT2D eigenvalue weighted by Crippen LogP contribution is 2.21. The number of nitrogens with zero attached hydrogens (tertiary/aromatic N) is 2. The van der Waals surface area contributed by atoms with Crippen molar-refractivity contribution < 1.29 is 13.9 Å². The molecule has 0 aliphatic carbocycles. The van der Waals surface area contributed by atoms with Gasteiger partial charge in [-0.2, -0.15) is 0 Å². The molecule has 0 saturated carbocycles. The Labute approximate surface area is 141 Å². The van der Waals surface area contributed by atoms with Crippen LogP contribution in [0.3, 0.4) is 0 Å². The average Bonchev–Trinajstić information content (AvgIpc) is 2.91. The van der Waals surface area contributed by atoms with Gasteiger partial charge in [-0.05, 0) is 50.6 Å². The van der Waals surface area contributed by atoms with Crippen LogP contribution in [0.4, 0.5) is 4.39 Å². The minimum Gasteiger partial charge on any atom is -0.375 e. The standard InChI is InChI=1S/C17H22ClFN2O2/c18-16-10-13(19)4-5-15(16)17(22)21-8-3-9-23-14(12-21)11-20-6-1-2-7-20/h4-5,10,14H,1-3,6-9,11-12H2/t14-/m1/s1. The molecule has 4 nitrogen and oxygen atoms in total. The smallest absolute Gasteiger partial charge is 0.255 e. The van der Waals surface area contributed by atoms with Gasteiger partial charge < -0.3 is 14.5 Å². The van der Waals surface area contributed by atoms with E-state index in [9.17, 15) is 9.18 Å². The minimum atomic E-state index is -0.433. The van der Waals surface area contributed by atoms with Gasteiger partial charge in [-0.25, -0.2) is 4.39 Å². The van der Waals surface area contributed by atoms with Crippen molar-refractivity contribution >= 4 is 17.5 Å². The number of likely N-dealkylation sites (tertiary alicyclic amines) is 1. The molecule has 23 heavy (non-hydrogen) atoms. The minimum absolute atomic E-state index is 0.0266. The van der Waals surface area contributed by atoms with E-state index in [1.165, 1.54) is 31.0 Å². The van der Waals surface area contributed by atoms with Crippen LogP contribution in [0.2, 0.25) is 5.02 Å². The Kier molecular flexibility index (Phi) is 5.51. The van der Waals surface area contributed by atoms with E-state index in [1.807, 2.05) is 0 Å². The summed E-state index contributed by atoms with van der Waals surface area (Å²) in [6, 6.07) is 3.92. The summed E-state index contributed by atoms with van der Waals surface area (Å²) in [5, 5.41) is 0.163. The molecule has 126 valence electrons. The SMILES string of the molecule is O=C(c1ccc(F)cc1Cl)N1CCCO[C@H](CN2CCCC2)C1. The van der Waals surface area contributed by atoms with Crippen molar-refractivity contribution in [3.05, 3.63) is 34.6 Å². The Morgan fingerprint density at radius 3 is 2.78 bits per heavy atom. The number of rotatable bonds is 3. The number of amides is 1. The van der Waals surface area contributed by atoms with Crippen LogP contribution in [-0.4, -0.2) is 61.1 Å². The number of hydrogen-bond donors (Lipinski definition) is 0. The Morgan fingerprint density at radius 2 is 2.04 bits per heavy atom. The van der Waals surface area contributed by atoms with Gasteiger partial charge in [-0.15, -0.1) is 0 Å². The molecule has 2 aliphatic heterocycles. The molecule has 0 unspecified atom stereocenters. The van der Waals surface area contributed by atoms with Gasteiger partial charge in [0.25, 0.3) is 5.91 Å². The van der Waals surface area contributed by atoms with Gasteiger partial charge in [0.15, 0.2) is 0 Å². The summed E-state index contributed by atoms with van der Waals surface area (Å²) < 4.78 is 19.1. The lowest BCUT2D eigenvalue weighted by Gasteiger charge is -2.27. The monoisotopic (exact) mass is 340 g/mol. The molecule has 3 rings (SSSR count). The van der Waals surface area contributed by atoms with Crippen molar-refractivity contribution in [3.63, 3.8) is 0 Å². The second-order valence-electron chi connectivity index (χ2n) is 6.23. The van der Waals surface area contributed by atoms with Crippen molar-refractivity contribution in [2.75, 3.05) is 39.3 Å². The van der Waals surface area contributed by atoms with Gasteiger partial charge in [0.1, 0.15) is 5.82 Å². The number of carbonyl (C=O) groups excluding carboxylic acids is 1. The zero-order valence-electron chi connectivity index (χ0n) is 13.1. The van der Waals surface area contributed by atoms with Crippen LogP contribution in [-0.2, 0) is 4.74 Å². The van der Waals surface area contributed by atoms with Gasteiger partial charge >= 0.3 is 0 Å². The van der Waals surface area contributed by atoms with Crippen LogP contribution in [0.25, 0.3) is 0 Å². The fourth-order valence-electron chi connectivity index (χ4n) is 3.28. The molecule has 2 saturated heterocycles. The summed E-state index contributed by atoms with van der Waals surface area (Å²) >= 11 is 6.03. The van der Waals surface area contributed by atoms with Crippen molar-refractivity contribution in [1.82, 2.24) is 9.80 Å². The molecule has 2 heterocycles. The lowest BCUT2D eigenvalue weighted by molar-refractivity contribution is 0.0297. The molecule has 0 N–H and O–H groups in total. The normalized spacial score (nSPS) is 23.0. The van der Waals surface area contributed by atoms with Crippen LogP contribution < -0.4 is 0 Å². The van der Waals surface area contributed by atoms with E-state index in [2.05, 4.69) is 4.90 Å². The van der Waals surface area contributed by atoms with Gasteiger partial charge in [0.05, 0.1) is 16.7 Å². The highest BCUT2D eigenvalue weighted by Gasteiger charge is 2.27. The molecule has 0 aromatic heterocycles. The molecule has 0 radical (unpaired) electrons. The third kappa shape index (κ3) is 4.22. The molecule has 0 bridgehead atoms. The predicted molar refractivity (Wildman–Crippen MR) is 87.3 cm³/mol. The summed E-state index contributed by atoms with van der Waals surface area (Å²) in [6.45, 7) is 4.95. The molecular formula is C17H22ClFN2O2. The Balaban J connectivity index is 1.68. The molecular weight excluding hydrogens is 319 g/mol. The van der Waals surface area contributed by atoms with Crippen LogP contribution in [0.1, 0.15) is 29.6 Å². The summed E-state index contributed by atoms with van der Waals surface area (Å²) in [5.74, 6) is -0.579. The van der Waals surface area contributed by atoms with Crippen LogP contribution in [0.5, 0.6) is 0 Å². The number of ether oxygens (including phenoxy) is 1. The third-order valence-corrected chi connectivity index (χ3v) is 4.77. The maximum Gasteiger partial charge on any atom is 0.255 e. The van der Waals surface area contributed by atoms with E-state index >= 15 is 0 Å². The molecule has 1 atom stereocenters. The van der Waals surface area contributed by atoms with Gasteiger partial charge in [0.2, 0.25) is 0 Å². The van der Waals surface area contributed by atoms with Gasteiger partial charge in [-0.1, -0.05) is 11.6 Å². The van der Waals surface area contributed by atoms with Crippen LogP contribution in [0.15, 0.2) is 18.2 Å². The van der Waals surface area contributed by atoms with Crippen molar-refractivity contribution in [2.24, 2.45) is 0 Å². The molecule has 1 amide bonds. The fourth-order valence-corrected chi connectivity index (χ4v) is 3.52. The number of benzene rings is 1. The summed E-state index contributed by atoms with van der Waals surface area (Å²) in [4.78, 5) is 16.9. The van der Waals surface area contributed by atoms with Crippen molar-refractivity contribution in [1.29, 1.82) is 0 Å². The second kappa shape index (κ2) is 7.60. The topological polar surface area (TPSA) is 32.8 Å². The second-order valence-corrected chi connectivity index (χ2v) is 6.64. The quantitative estimate of drug-likeness (QED) is 0.848. The predicted octanol–water partition coefficient (Wildman–Crippen LogP) is 2.81. The van der Waals surface area contributed by atoms with E-state index in [4.69, 9.17) is 16.3 Å². The van der Waals surface area contributed by atoms with E-state index in [0.29, 0.717) is 25.3 Å². The maximum atomic E-state index is 13.2. The molecule has 0 spiro atoms. The summed E-state index contributed by atoms with van der Waals surface area (Å²) in [7, 11) is 0. The van der Waals surface area contributed by atoms with Crippen LogP contribution in [0, 0.1) is 5.82 Å². The van der Waals surface area contributed by atoms with Crippen LogP contribution >= 0.6 is 11.6 Å². The Morgan fingerprint density at radius 1 is 1.26 bits per heavy atom. The summed E-state index contributed by atoms with van der Waals surface area (Å²) in [6.07, 6.45) is 3.31. The fraction of sp³-hybridized carbons (Fsp3) is 0.588. The number of hydrogen-bond acceptors (Lipinski definition) is 3. The largest absolute Gasteiger partial charge is 0.375 e. The Hall–Kier alpha value is -1.17. The number of halogens is 2. The first-order chi connectivity index (χ1) is 11.1. The van der Waals surface area contributed by atoms with Gasteiger partial charge in [-0.3, -0.25) is 4.79 Å². The van der Waals surface area contributed by atoms with E-state index in [0.717, 1.165) is 26.1 Å². The Bertz CT molecular complexity index is 564. The molecule has 1 aromatic carbocycles. The lowest BCUT2D eigenvalue weighted by atomic mass is 10.1. The first-order valence-corrected chi connectivity index (χ1v) is 8.59. The first-order valence-electron chi connectivity index (χ1n) is 8.22. The maximum absolute atomic E-state index is 13.2. The zero-order chi connectivity index (χ0) is 16.2. The summed E-state index contributed by atoms with van der Waals surface area (Å²) in [5.41, 5.74) is 0.356.